The third kappa shape index (κ3) is 7.40. The van der Waals surface area contributed by atoms with Gasteiger partial charge in [-0.1, -0.05) is 39.5 Å². The molecule has 0 aromatic carbocycles. The first-order chi connectivity index (χ1) is 9.95. The molecule has 21 heavy (non-hydrogen) atoms. The van der Waals surface area contributed by atoms with Gasteiger partial charge in [0, 0.05) is 24.4 Å². The van der Waals surface area contributed by atoms with Crippen LogP contribution in [0.1, 0.15) is 50.8 Å². The molecule has 0 radical (unpaired) electrons. The smallest absolute Gasteiger partial charge is 0.250 e. The van der Waals surface area contributed by atoms with E-state index in [0.717, 1.165) is 23.6 Å². The maximum absolute atomic E-state index is 12.1. The molecule has 0 saturated carbocycles. The second-order valence-corrected chi connectivity index (χ2v) is 8.85. The van der Waals surface area contributed by atoms with Crippen LogP contribution in [0, 0.1) is 5.92 Å². The predicted octanol–water partition coefficient (Wildman–Crippen LogP) is 3.17. The van der Waals surface area contributed by atoms with Crippen LogP contribution in [0.25, 0.3) is 0 Å². The third-order valence-electron chi connectivity index (χ3n) is 3.26. The van der Waals surface area contributed by atoms with Crippen molar-refractivity contribution in [3.05, 3.63) is 17.0 Å². The fraction of sp³-hybridized carbons (Fsp3) is 0.733. The molecule has 1 aromatic heterocycles. The zero-order chi connectivity index (χ0) is 15.7. The molecule has 1 heterocycles. The van der Waals surface area contributed by atoms with Gasteiger partial charge >= 0.3 is 0 Å². The van der Waals surface area contributed by atoms with Crippen LogP contribution < -0.4 is 4.72 Å². The highest BCUT2D eigenvalue weighted by Crippen LogP contribution is 2.21. The van der Waals surface area contributed by atoms with E-state index >= 15 is 0 Å². The second kappa shape index (κ2) is 9.56. The highest BCUT2D eigenvalue weighted by molar-refractivity contribution is 7.91. The standard InChI is InChI=1S/C15H27NO3S2/c1-13(2)7-5-3-4-6-11-16-21(18,19)15-9-8-14(20-15)10-12-17/h8-9,13,16-17H,3-7,10-12H2,1-2H3. The minimum Gasteiger partial charge on any atom is -0.396 e. The molecule has 0 spiro atoms. The topological polar surface area (TPSA) is 66.4 Å². The molecule has 122 valence electrons. The zero-order valence-corrected chi connectivity index (χ0v) is 14.6. The van der Waals surface area contributed by atoms with Gasteiger partial charge in [0.15, 0.2) is 0 Å². The Bertz CT molecular complexity index is 495. The Morgan fingerprint density at radius 2 is 1.90 bits per heavy atom. The van der Waals surface area contributed by atoms with Gasteiger partial charge in [0.2, 0.25) is 10.0 Å². The monoisotopic (exact) mass is 333 g/mol. The fourth-order valence-electron chi connectivity index (χ4n) is 2.06. The number of hydrogen-bond donors (Lipinski definition) is 2. The van der Waals surface area contributed by atoms with Crippen molar-refractivity contribution in [2.45, 2.75) is 56.6 Å². The van der Waals surface area contributed by atoms with E-state index in [1.54, 1.807) is 12.1 Å². The number of aliphatic hydroxyl groups excluding tert-OH is 1. The average molecular weight is 334 g/mol. The van der Waals surface area contributed by atoms with E-state index in [0.29, 0.717) is 17.2 Å². The van der Waals surface area contributed by atoms with Gasteiger partial charge < -0.3 is 5.11 Å². The summed E-state index contributed by atoms with van der Waals surface area (Å²) in [5.74, 6) is 0.746. The Balaban J connectivity index is 2.26. The first-order valence-electron chi connectivity index (χ1n) is 7.65. The summed E-state index contributed by atoms with van der Waals surface area (Å²) in [6, 6.07) is 3.38. The molecule has 0 aliphatic carbocycles. The number of hydrogen-bond acceptors (Lipinski definition) is 4. The maximum atomic E-state index is 12.1. The summed E-state index contributed by atoms with van der Waals surface area (Å²) < 4.78 is 27.1. The number of sulfonamides is 1. The van der Waals surface area contributed by atoms with Gasteiger partial charge in [0.05, 0.1) is 0 Å². The summed E-state index contributed by atoms with van der Waals surface area (Å²) in [6.07, 6.45) is 6.09. The molecule has 4 nitrogen and oxygen atoms in total. The van der Waals surface area contributed by atoms with Crippen molar-refractivity contribution in [3.63, 3.8) is 0 Å². The molecule has 0 unspecified atom stereocenters. The van der Waals surface area contributed by atoms with Crippen LogP contribution >= 0.6 is 11.3 Å². The minimum atomic E-state index is -3.38. The maximum Gasteiger partial charge on any atom is 0.250 e. The second-order valence-electron chi connectivity index (χ2n) is 5.69. The Morgan fingerprint density at radius 1 is 1.19 bits per heavy atom. The van der Waals surface area contributed by atoms with Crippen molar-refractivity contribution in [1.82, 2.24) is 4.72 Å². The van der Waals surface area contributed by atoms with Gasteiger partial charge in [-0.05, 0) is 24.5 Å². The van der Waals surface area contributed by atoms with Crippen LogP contribution in [0.5, 0.6) is 0 Å². The van der Waals surface area contributed by atoms with E-state index in [4.69, 9.17) is 5.11 Å². The summed E-state index contributed by atoms with van der Waals surface area (Å²) in [6.45, 7) is 4.99. The van der Waals surface area contributed by atoms with Crippen LogP contribution in [0.3, 0.4) is 0 Å². The van der Waals surface area contributed by atoms with Crippen molar-refractivity contribution in [2.75, 3.05) is 13.2 Å². The highest BCUT2D eigenvalue weighted by Gasteiger charge is 2.15. The molecule has 0 atom stereocenters. The van der Waals surface area contributed by atoms with Gasteiger partial charge in [-0.15, -0.1) is 11.3 Å². The molecule has 0 fully saturated rings. The molecule has 2 N–H and O–H groups in total. The van der Waals surface area contributed by atoms with E-state index in [1.807, 2.05) is 0 Å². The Morgan fingerprint density at radius 3 is 2.57 bits per heavy atom. The highest BCUT2D eigenvalue weighted by atomic mass is 32.2. The quantitative estimate of drug-likeness (QED) is 0.611. The summed E-state index contributed by atoms with van der Waals surface area (Å²) in [5, 5.41) is 8.85. The Labute approximate surface area is 132 Å². The van der Waals surface area contributed by atoms with Gasteiger partial charge in [-0.3, -0.25) is 0 Å². The number of thiophene rings is 1. The van der Waals surface area contributed by atoms with Crippen LogP contribution in [0.4, 0.5) is 0 Å². The van der Waals surface area contributed by atoms with Gasteiger partial charge in [-0.2, -0.15) is 0 Å². The van der Waals surface area contributed by atoms with E-state index < -0.39 is 10.0 Å². The summed E-state index contributed by atoms with van der Waals surface area (Å²) in [5.41, 5.74) is 0. The molecule has 0 saturated heterocycles. The minimum absolute atomic E-state index is 0.0454. The van der Waals surface area contributed by atoms with Crippen molar-refractivity contribution >= 4 is 21.4 Å². The zero-order valence-electron chi connectivity index (χ0n) is 13.0. The lowest BCUT2D eigenvalue weighted by molar-refractivity contribution is 0.300. The van der Waals surface area contributed by atoms with E-state index in [9.17, 15) is 8.42 Å². The molecule has 0 bridgehead atoms. The van der Waals surface area contributed by atoms with Gasteiger partial charge in [0.1, 0.15) is 4.21 Å². The average Bonchev–Trinajstić information content (AvgIpc) is 2.87. The fourth-order valence-corrected chi connectivity index (χ4v) is 4.52. The van der Waals surface area contributed by atoms with Crippen molar-refractivity contribution < 1.29 is 13.5 Å². The number of aliphatic hydroxyl groups is 1. The van der Waals surface area contributed by atoms with E-state index in [2.05, 4.69) is 18.6 Å². The number of rotatable bonds is 11. The lowest BCUT2D eigenvalue weighted by Crippen LogP contribution is -2.23. The van der Waals surface area contributed by atoms with Gasteiger partial charge in [0.25, 0.3) is 0 Å². The molecule has 6 heteroatoms. The molecule has 0 aliphatic heterocycles. The van der Waals surface area contributed by atoms with Crippen LogP contribution in [0.2, 0.25) is 0 Å². The first kappa shape index (κ1) is 18.6. The van der Waals surface area contributed by atoms with Crippen molar-refractivity contribution in [2.24, 2.45) is 5.92 Å². The number of unbranched alkanes of at least 4 members (excludes halogenated alkanes) is 3. The first-order valence-corrected chi connectivity index (χ1v) is 9.95. The molecule has 0 aliphatic rings. The third-order valence-corrected chi connectivity index (χ3v) is 6.36. The lowest BCUT2D eigenvalue weighted by atomic mass is 10.0. The van der Waals surface area contributed by atoms with Crippen LogP contribution in [-0.2, 0) is 16.4 Å². The molecular weight excluding hydrogens is 306 g/mol. The van der Waals surface area contributed by atoms with E-state index in [1.165, 1.54) is 30.6 Å². The normalized spacial score (nSPS) is 12.2. The van der Waals surface area contributed by atoms with E-state index in [-0.39, 0.29) is 6.61 Å². The van der Waals surface area contributed by atoms with Crippen LogP contribution in [0.15, 0.2) is 16.3 Å². The van der Waals surface area contributed by atoms with Crippen LogP contribution in [-0.4, -0.2) is 26.7 Å². The van der Waals surface area contributed by atoms with Crippen molar-refractivity contribution in [3.8, 4) is 0 Å². The lowest BCUT2D eigenvalue weighted by Gasteiger charge is -2.06. The summed E-state index contributed by atoms with van der Waals surface area (Å²) >= 11 is 1.23. The molecule has 0 amide bonds. The Kier molecular flexibility index (Phi) is 8.48. The van der Waals surface area contributed by atoms with Gasteiger partial charge in [-0.25, -0.2) is 13.1 Å². The Hall–Kier alpha value is -0.430. The SMILES string of the molecule is CC(C)CCCCCCNS(=O)(=O)c1ccc(CCO)s1. The predicted molar refractivity (Wildman–Crippen MR) is 88.2 cm³/mol. The van der Waals surface area contributed by atoms with Crippen molar-refractivity contribution in [1.29, 1.82) is 0 Å². The summed E-state index contributed by atoms with van der Waals surface area (Å²) in [7, 11) is -3.38. The summed E-state index contributed by atoms with van der Waals surface area (Å²) in [4.78, 5) is 0.895. The molecular formula is C15H27NO3S2. The largest absolute Gasteiger partial charge is 0.396 e. The molecule has 1 rings (SSSR count). The molecule has 1 aromatic rings. The number of nitrogens with one attached hydrogen (secondary N) is 1.